The molecule has 0 aromatic heterocycles. The Hall–Kier alpha value is 0.600. The molecule has 0 saturated heterocycles. The molecule has 4 N–H and O–H groups in total. The molecule has 0 amide bonds. The zero-order chi connectivity index (χ0) is 20.2. The van der Waals surface area contributed by atoms with Crippen LogP contribution < -0.4 is 0 Å². The van der Waals surface area contributed by atoms with E-state index in [-0.39, 0.29) is 0 Å². The van der Waals surface area contributed by atoms with Gasteiger partial charge in [-0.25, -0.2) is 18.0 Å². The fourth-order valence-electron chi connectivity index (χ4n) is 1.79. The first-order valence-corrected chi connectivity index (χ1v) is 13.2. The summed E-state index contributed by atoms with van der Waals surface area (Å²) >= 11 is 0. The molecule has 0 aliphatic heterocycles. The van der Waals surface area contributed by atoms with Gasteiger partial charge in [-0.1, -0.05) is 33.6 Å². The predicted molar refractivity (Wildman–Crippen MR) is 87.7 cm³/mol. The van der Waals surface area contributed by atoms with Crippen molar-refractivity contribution in [1.29, 1.82) is 0 Å². The average molecular weight is 448 g/mol. The van der Waals surface area contributed by atoms with Crippen LogP contribution in [0.25, 0.3) is 0 Å². The number of hydrogen-bond donors (Lipinski definition) is 4. The van der Waals surface area contributed by atoms with Crippen LogP contribution in [0.15, 0.2) is 0 Å². The number of rotatable bonds is 12. The molecule has 0 spiro atoms. The lowest BCUT2D eigenvalue weighted by Crippen LogP contribution is -2.17. The van der Waals surface area contributed by atoms with E-state index in [4.69, 9.17) is 4.89 Å². The van der Waals surface area contributed by atoms with Crippen LogP contribution in [0.4, 0.5) is 0 Å². The molecule has 0 aromatic rings. The van der Waals surface area contributed by atoms with Crippen LogP contribution in [-0.2, 0) is 35.7 Å². The Labute approximate surface area is 145 Å². The average Bonchev–Trinajstić information content (AvgIpc) is 2.30. The lowest BCUT2D eigenvalue weighted by atomic mass is 9.90. The molecular formula is C9H24O12P4. The molecule has 0 saturated carbocycles. The second-order valence-electron chi connectivity index (χ2n) is 5.90. The first-order chi connectivity index (χ1) is 10.9. The Morgan fingerprint density at radius 3 is 1.72 bits per heavy atom. The van der Waals surface area contributed by atoms with Gasteiger partial charge in [0.15, 0.2) is 0 Å². The summed E-state index contributed by atoms with van der Waals surface area (Å²) in [6.07, 6.45) is 1.56. The van der Waals surface area contributed by atoms with Gasteiger partial charge < -0.3 is 19.6 Å². The van der Waals surface area contributed by atoms with E-state index < -0.39 is 42.6 Å². The molecule has 25 heavy (non-hydrogen) atoms. The maximum Gasteiger partial charge on any atom is 0.490 e. The first kappa shape index (κ1) is 25.6. The van der Waals surface area contributed by atoms with Crippen molar-refractivity contribution < 1.29 is 55.3 Å². The summed E-state index contributed by atoms with van der Waals surface area (Å²) in [5, 5.41) is 0. The lowest BCUT2D eigenvalue weighted by Gasteiger charge is -2.27. The van der Waals surface area contributed by atoms with Gasteiger partial charge >= 0.3 is 31.1 Å². The molecule has 0 aromatic carbocycles. The van der Waals surface area contributed by atoms with Crippen LogP contribution in [0.3, 0.4) is 0 Å². The molecule has 0 aliphatic carbocycles. The second kappa shape index (κ2) is 9.20. The second-order valence-corrected chi connectivity index (χ2v) is 12.6. The largest absolute Gasteiger partial charge is 0.490 e. The van der Waals surface area contributed by atoms with Crippen molar-refractivity contribution in [1.82, 2.24) is 0 Å². The van der Waals surface area contributed by atoms with Crippen LogP contribution in [0, 0.1) is 5.41 Å². The first-order valence-electron chi connectivity index (χ1n) is 6.95. The molecule has 0 bridgehead atoms. The molecule has 16 heteroatoms. The minimum absolute atomic E-state index is 0.525. The van der Waals surface area contributed by atoms with Crippen molar-refractivity contribution in [3.05, 3.63) is 0 Å². The Bertz CT molecular complexity index is 630. The molecule has 0 heterocycles. The van der Waals surface area contributed by atoms with Gasteiger partial charge in [0.25, 0.3) is 0 Å². The van der Waals surface area contributed by atoms with Gasteiger partial charge in [-0.05, 0) is 11.8 Å². The summed E-state index contributed by atoms with van der Waals surface area (Å²) in [5.41, 5.74) is -0.726. The van der Waals surface area contributed by atoms with Gasteiger partial charge in [0.2, 0.25) is 0 Å². The molecule has 4 unspecified atom stereocenters. The minimum Gasteiger partial charge on any atom is -0.324 e. The summed E-state index contributed by atoms with van der Waals surface area (Å²) in [5.74, 6) is 0. The third kappa shape index (κ3) is 11.8. The van der Waals surface area contributed by atoms with E-state index in [1.165, 1.54) is 0 Å². The molecule has 0 fully saturated rings. The van der Waals surface area contributed by atoms with E-state index in [1.807, 2.05) is 6.92 Å². The summed E-state index contributed by atoms with van der Waals surface area (Å²) in [6, 6.07) is 0. The molecular weight excluding hydrogens is 424 g/mol. The smallest absolute Gasteiger partial charge is 0.324 e. The maximum atomic E-state index is 12.0. The molecule has 0 radical (unpaired) electrons. The van der Waals surface area contributed by atoms with Crippen molar-refractivity contribution in [3.63, 3.8) is 0 Å². The van der Waals surface area contributed by atoms with Gasteiger partial charge in [0, 0.05) is 7.11 Å². The van der Waals surface area contributed by atoms with Crippen LogP contribution in [-0.4, -0.2) is 32.8 Å². The van der Waals surface area contributed by atoms with Crippen molar-refractivity contribution >= 4 is 31.1 Å². The minimum atomic E-state index is -5.62. The summed E-state index contributed by atoms with van der Waals surface area (Å²) < 4.78 is 61.5. The zero-order valence-electron chi connectivity index (χ0n) is 14.2. The van der Waals surface area contributed by atoms with Crippen molar-refractivity contribution in [2.75, 3.05) is 13.3 Å². The number of phosphoric acid groups is 3. The highest BCUT2D eigenvalue weighted by Gasteiger charge is 2.45. The third-order valence-electron chi connectivity index (χ3n) is 2.71. The van der Waals surface area contributed by atoms with Gasteiger partial charge in [-0.15, -0.1) is 0 Å². The number of hydrogen-bond acceptors (Lipinski definition) is 8. The zero-order valence-corrected chi connectivity index (χ0v) is 17.7. The third-order valence-corrected chi connectivity index (χ3v) is 9.57. The highest BCUT2D eigenvalue weighted by molar-refractivity contribution is 7.70. The van der Waals surface area contributed by atoms with Crippen molar-refractivity contribution in [3.8, 4) is 0 Å². The van der Waals surface area contributed by atoms with Crippen LogP contribution >= 0.6 is 31.1 Å². The van der Waals surface area contributed by atoms with E-state index in [0.29, 0.717) is 13.5 Å². The van der Waals surface area contributed by atoms with Gasteiger partial charge in [0.05, 0.1) is 6.16 Å². The molecule has 0 rings (SSSR count). The monoisotopic (exact) mass is 448 g/mol. The molecule has 152 valence electrons. The Morgan fingerprint density at radius 2 is 1.28 bits per heavy atom. The normalized spacial score (nSPS) is 22.4. The predicted octanol–water partition coefficient (Wildman–Crippen LogP) is 3.39. The van der Waals surface area contributed by atoms with Gasteiger partial charge in [-0.2, -0.15) is 8.62 Å². The topological polar surface area (TPSA) is 186 Å². The molecule has 0 aliphatic rings. The fourth-order valence-corrected chi connectivity index (χ4v) is 7.68. The number of phosphoric ester groups is 1. The lowest BCUT2D eigenvalue weighted by molar-refractivity contribution is 0.190. The van der Waals surface area contributed by atoms with Crippen LogP contribution in [0.5, 0.6) is 0 Å². The Kier molecular flexibility index (Phi) is 9.42. The Morgan fingerprint density at radius 1 is 0.840 bits per heavy atom. The van der Waals surface area contributed by atoms with E-state index in [1.54, 1.807) is 13.8 Å². The number of unbranched alkanes of at least 4 members (excludes halogenated alkanes) is 1. The molecule has 4 atom stereocenters. The Balaban J connectivity index is 5.05. The van der Waals surface area contributed by atoms with Crippen molar-refractivity contribution in [2.24, 2.45) is 5.41 Å². The van der Waals surface area contributed by atoms with E-state index in [9.17, 15) is 32.9 Å². The van der Waals surface area contributed by atoms with Crippen molar-refractivity contribution in [2.45, 2.75) is 40.0 Å². The fraction of sp³-hybridized carbons (Fsp3) is 1.00. The van der Waals surface area contributed by atoms with E-state index >= 15 is 0 Å². The maximum absolute atomic E-state index is 12.0. The SMILES string of the molecule is CCCCC(C)(C)CP(=O)(O)OP(=O)(O)OP(=O)(O)OP(=O)(O)OC. The van der Waals surface area contributed by atoms with E-state index in [0.717, 1.165) is 12.8 Å². The summed E-state index contributed by atoms with van der Waals surface area (Å²) in [4.78, 5) is 37.2. The molecule has 12 nitrogen and oxygen atoms in total. The van der Waals surface area contributed by atoms with E-state index in [2.05, 4.69) is 17.5 Å². The quantitative estimate of drug-likeness (QED) is 0.319. The summed E-state index contributed by atoms with van der Waals surface area (Å²) in [6.45, 7) is 5.19. The van der Waals surface area contributed by atoms with Crippen LogP contribution in [0.2, 0.25) is 0 Å². The van der Waals surface area contributed by atoms with Gasteiger partial charge in [0.1, 0.15) is 0 Å². The van der Waals surface area contributed by atoms with Crippen LogP contribution in [0.1, 0.15) is 40.0 Å². The highest BCUT2D eigenvalue weighted by atomic mass is 31.3. The van der Waals surface area contributed by atoms with Gasteiger partial charge in [-0.3, -0.25) is 9.09 Å². The highest BCUT2D eigenvalue weighted by Crippen LogP contribution is 2.71. The standard InChI is InChI=1S/C9H24O12P4/c1-5-6-7-9(2,3)8-22(10,11)19-24(14,15)21-25(16,17)20-23(12,13)18-4/h5-8H2,1-4H3,(H,10,11)(H,12,13)(H,14,15)(H,16,17). The summed E-state index contributed by atoms with van der Waals surface area (Å²) in [7, 11) is -20.3.